The molecule has 1 aliphatic rings. The highest BCUT2D eigenvalue weighted by Gasteiger charge is 2.44. The number of nitrogens with one attached hydrogen (secondary N) is 1. The van der Waals surface area contributed by atoms with Crippen molar-refractivity contribution in [3.63, 3.8) is 0 Å². The van der Waals surface area contributed by atoms with E-state index in [1.54, 1.807) is 26.0 Å². The second-order valence-electron chi connectivity index (χ2n) is 7.26. The molecule has 6 heteroatoms. The molecule has 6 nitrogen and oxygen atoms in total. The van der Waals surface area contributed by atoms with Crippen molar-refractivity contribution in [2.24, 2.45) is 5.92 Å². The van der Waals surface area contributed by atoms with E-state index < -0.39 is 17.8 Å². The maximum absolute atomic E-state index is 13.2. The fourth-order valence-electron chi connectivity index (χ4n) is 3.51. The number of hydrogen-bond acceptors (Lipinski definition) is 5. The molecule has 1 saturated heterocycles. The highest BCUT2D eigenvalue weighted by molar-refractivity contribution is 6.23. The van der Waals surface area contributed by atoms with Crippen molar-refractivity contribution in [1.82, 2.24) is 5.32 Å². The number of aryl methyl sites for hydroxylation is 1. The number of rotatable bonds is 7. The van der Waals surface area contributed by atoms with Crippen LogP contribution in [-0.2, 0) is 25.7 Å². The van der Waals surface area contributed by atoms with Crippen molar-refractivity contribution in [2.45, 2.75) is 33.7 Å². The molecule has 1 fully saturated rings. The summed E-state index contributed by atoms with van der Waals surface area (Å²) in [6.45, 7) is 6.06. The Morgan fingerprint density at radius 2 is 1.77 bits per heavy atom. The zero-order chi connectivity index (χ0) is 21.7. The first-order valence-corrected chi connectivity index (χ1v) is 10.0. The van der Waals surface area contributed by atoms with E-state index in [0.29, 0.717) is 17.9 Å². The summed E-state index contributed by atoms with van der Waals surface area (Å²) in [5.74, 6) is -2.19. The van der Waals surface area contributed by atoms with Gasteiger partial charge in [0.15, 0.2) is 0 Å². The molecule has 0 bridgehead atoms. The van der Waals surface area contributed by atoms with E-state index in [1.807, 2.05) is 49.4 Å². The minimum absolute atomic E-state index is 0.0643. The van der Waals surface area contributed by atoms with Gasteiger partial charge in [0.05, 0.1) is 23.8 Å². The first kappa shape index (κ1) is 21.3. The Hall–Kier alpha value is -3.41. The number of anilines is 1. The second kappa shape index (κ2) is 9.39. The van der Waals surface area contributed by atoms with E-state index in [2.05, 4.69) is 5.32 Å². The summed E-state index contributed by atoms with van der Waals surface area (Å²) in [4.78, 5) is 39.7. The van der Waals surface area contributed by atoms with Gasteiger partial charge in [0.1, 0.15) is 0 Å². The van der Waals surface area contributed by atoms with Crippen LogP contribution < -0.4 is 10.2 Å². The maximum Gasteiger partial charge on any atom is 0.336 e. The zero-order valence-electron chi connectivity index (χ0n) is 17.5. The highest BCUT2D eigenvalue weighted by atomic mass is 16.5. The molecule has 0 spiro atoms. The standard InChI is InChI=1S/C24H26N2O4/c1-4-30-24(29)22(17(3)25-15-18-8-6-5-7-9-18)20-14-21(27)26(23(20)28)19-12-10-16(2)11-13-19/h5-13,20,25H,4,14-15H2,1-3H3/b22-17-. The van der Waals surface area contributed by atoms with Crippen molar-refractivity contribution in [1.29, 1.82) is 0 Å². The Labute approximate surface area is 176 Å². The Kier molecular flexibility index (Phi) is 6.67. The van der Waals surface area contributed by atoms with E-state index in [-0.39, 0.29) is 24.5 Å². The Balaban J connectivity index is 1.89. The van der Waals surface area contributed by atoms with Gasteiger partial charge in [0, 0.05) is 18.7 Å². The van der Waals surface area contributed by atoms with Crippen LogP contribution in [-0.4, -0.2) is 24.4 Å². The third-order valence-corrected chi connectivity index (χ3v) is 5.09. The molecule has 1 N–H and O–H groups in total. The summed E-state index contributed by atoms with van der Waals surface area (Å²) in [6.07, 6.45) is -0.0643. The molecule has 2 aromatic carbocycles. The number of allylic oxidation sites excluding steroid dienone is 1. The van der Waals surface area contributed by atoms with Gasteiger partial charge in [-0.1, -0.05) is 48.0 Å². The average molecular weight is 406 g/mol. The van der Waals surface area contributed by atoms with Crippen LogP contribution in [0, 0.1) is 12.8 Å². The number of ether oxygens (including phenoxy) is 1. The highest BCUT2D eigenvalue weighted by Crippen LogP contribution is 2.32. The smallest absolute Gasteiger partial charge is 0.336 e. The third kappa shape index (κ3) is 4.59. The number of esters is 1. The minimum atomic E-state index is -0.874. The number of nitrogens with zero attached hydrogens (tertiary/aromatic N) is 1. The molecule has 0 radical (unpaired) electrons. The lowest BCUT2D eigenvalue weighted by Crippen LogP contribution is -2.33. The van der Waals surface area contributed by atoms with Crippen LogP contribution in [0.2, 0.25) is 0 Å². The Bertz CT molecular complexity index is 964. The van der Waals surface area contributed by atoms with Crippen molar-refractivity contribution in [3.05, 3.63) is 77.0 Å². The molecule has 0 aliphatic carbocycles. The largest absolute Gasteiger partial charge is 0.463 e. The van der Waals surface area contributed by atoms with Crippen LogP contribution in [0.1, 0.15) is 31.4 Å². The molecule has 3 rings (SSSR count). The normalized spacial score (nSPS) is 17.0. The first-order chi connectivity index (χ1) is 14.4. The molecule has 2 aromatic rings. The number of hydrogen-bond donors (Lipinski definition) is 1. The molecule has 1 unspecified atom stereocenters. The van der Waals surface area contributed by atoms with Gasteiger partial charge in [-0.2, -0.15) is 0 Å². The van der Waals surface area contributed by atoms with Gasteiger partial charge in [-0.25, -0.2) is 4.79 Å². The van der Waals surface area contributed by atoms with Crippen molar-refractivity contribution < 1.29 is 19.1 Å². The van der Waals surface area contributed by atoms with E-state index >= 15 is 0 Å². The van der Waals surface area contributed by atoms with Crippen LogP contribution >= 0.6 is 0 Å². The zero-order valence-corrected chi connectivity index (χ0v) is 17.5. The van der Waals surface area contributed by atoms with Gasteiger partial charge in [-0.05, 0) is 38.5 Å². The van der Waals surface area contributed by atoms with Crippen LogP contribution in [0.15, 0.2) is 65.9 Å². The van der Waals surface area contributed by atoms with Crippen LogP contribution in [0.5, 0.6) is 0 Å². The summed E-state index contributed by atoms with van der Waals surface area (Å²) in [5.41, 5.74) is 3.32. The lowest BCUT2D eigenvalue weighted by atomic mass is 9.95. The van der Waals surface area contributed by atoms with Gasteiger partial charge >= 0.3 is 5.97 Å². The summed E-state index contributed by atoms with van der Waals surface area (Å²) in [5, 5.41) is 3.21. The number of carbonyl (C=O) groups is 3. The van der Waals surface area contributed by atoms with Gasteiger partial charge in [-0.3, -0.25) is 14.5 Å². The minimum Gasteiger partial charge on any atom is -0.463 e. The SMILES string of the molecule is CCOC(=O)/C(=C(/C)NCc1ccccc1)C1CC(=O)N(c2ccc(C)cc2)C1=O. The molecular weight excluding hydrogens is 380 g/mol. The summed E-state index contributed by atoms with van der Waals surface area (Å²) >= 11 is 0. The summed E-state index contributed by atoms with van der Waals surface area (Å²) < 4.78 is 5.21. The lowest BCUT2D eigenvalue weighted by molar-refractivity contribution is -0.140. The average Bonchev–Trinajstić information content (AvgIpc) is 3.02. The number of imide groups is 1. The molecule has 156 valence electrons. The Morgan fingerprint density at radius 3 is 2.40 bits per heavy atom. The monoisotopic (exact) mass is 406 g/mol. The predicted molar refractivity (Wildman–Crippen MR) is 114 cm³/mol. The molecular formula is C24H26N2O4. The number of carbonyl (C=O) groups excluding carboxylic acids is 3. The maximum atomic E-state index is 13.2. The van der Waals surface area contributed by atoms with E-state index in [1.165, 1.54) is 0 Å². The second-order valence-corrected chi connectivity index (χ2v) is 7.26. The van der Waals surface area contributed by atoms with Gasteiger partial charge in [0.2, 0.25) is 11.8 Å². The van der Waals surface area contributed by atoms with Crippen molar-refractivity contribution >= 4 is 23.5 Å². The molecule has 0 saturated carbocycles. The lowest BCUT2D eigenvalue weighted by Gasteiger charge is -2.19. The van der Waals surface area contributed by atoms with Crippen LogP contribution in [0.25, 0.3) is 0 Å². The quantitative estimate of drug-likeness (QED) is 0.433. The fourth-order valence-corrected chi connectivity index (χ4v) is 3.51. The van der Waals surface area contributed by atoms with Crippen molar-refractivity contribution in [3.8, 4) is 0 Å². The van der Waals surface area contributed by atoms with Gasteiger partial charge in [0.25, 0.3) is 0 Å². The topological polar surface area (TPSA) is 75.7 Å². The van der Waals surface area contributed by atoms with E-state index in [4.69, 9.17) is 4.74 Å². The van der Waals surface area contributed by atoms with Crippen LogP contribution in [0.3, 0.4) is 0 Å². The van der Waals surface area contributed by atoms with E-state index in [9.17, 15) is 14.4 Å². The fraction of sp³-hybridized carbons (Fsp3) is 0.292. The van der Waals surface area contributed by atoms with Crippen LogP contribution in [0.4, 0.5) is 5.69 Å². The summed E-state index contributed by atoms with van der Waals surface area (Å²) in [7, 11) is 0. The molecule has 1 aliphatic heterocycles. The van der Waals surface area contributed by atoms with Gasteiger partial charge < -0.3 is 10.1 Å². The summed E-state index contributed by atoms with van der Waals surface area (Å²) in [6, 6.07) is 16.9. The molecule has 2 amide bonds. The van der Waals surface area contributed by atoms with E-state index in [0.717, 1.165) is 16.0 Å². The molecule has 0 aromatic heterocycles. The number of benzene rings is 2. The predicted octanol–water partition coefficient (Wildman–Crippen LogP) is 3.50. The van der Waals surface area contributed by atoms with Crippen molar-refractivity contribution in [2.75, 3.05) is 11.5 Å². The number of amides is 2. The Morgan fingerprint density at radius 1 is 1.10 bits per heavy atom. The third-order valence-electron chi connectivity index (χ3n) is 5.09. The first-order valence-electron chi connectivity index (χ1n) is 10.0. The molecule has 1 heterocycles. The molecule has 1 atom stereocenters. The van der Waals surface area contributed by atoms with Gasteiger partial charge in [-0.15, -0.1) is 0 Å². The molecule has 30 heavy (non-hydrogen) atoms.